The first kappa shape index (κ1) is 15.2. The lowest BCUT2D eigenvalue weighted by atomic mass is 10.2. The fourth-order valence-corrected chi connectivity index (χ4v) is 2.37. The summed E-state index contributed by atoms with van der Waals surface area (Å²) in [6.07, 6.45) is 1.00. The molecular weight excluding hydrogens is 292 g/mol. The molecule has 0 spiro atoms. The maximum atomic E-state index is 10.9. The van der Waals surface area contributed by atoms with E-state index in [-0.39, 0.29) is 12.3 Å². The smallest absolute Gasteiger partial charge is 0.276 e. The molecule has 8 heteroatoms. The highest BCUT2D eigenvalue weighted by atomic mass is 32.1. The average molecular weight is 308 g/mol. The molecule has 0 radical (unpaired) electrons. The van der Waals surface area contributed by atoms with Gasteiger partial charge >= 0.3 is 0 Å². The van der Waals surface area contributed by atoms with Gasteiger partial charge in [0.25, 0.3) is 5.69 Å². The Balaban J connectivity index is 2.08. The minimum atomic E-state index is -0.416. The number of rotatable bonds is 7. The molecule has 0 fully saturated rings. The number of aromatic nitrogens is 2. The van der Waals surface area contributed by atoms with Crippen LogP contribution in [-0.4, -0.2) is 21.1 Å². The van der Waals surface area contributed by atoms with Crippen LogP contribution in [0.4, 0.5) is 10.7 Å². The second kappa shape index (κ2) is 6.98. The van der Waals surface area contributed by atoms with Gasteiger partial charge in [-0.15, -0.1) is 5.10 Å². The van der Waals surface area contributed by atoms with Crippen LogP contribution in [0, 0.1) is 17.0 Å². The molecule has 0 unspecified atom stereocenters. The molecule has 0 aliphatic heterocycles. The number of nitro groups is 1. The predicted octanol–water partition coefficient (Wildman–Crippen LogP) is 3.16. The van der Waals surface area contributed by atoms with Crippen molar-refractivity contribution in [2.45, 2.75) is 26.9 Å². The maximum absolute atomic E-state index is 10.9. The number of nitrogens with one attached hydrogen (secondary N) is 1. The van der Waals surface area contributed by atoms with Crippen LogP contribution in [0.25, 0.3) is 0 Å². The highest BCUT2D eigenvalue weighted by molar-refractivity contribution is 7.10. The predicted molar refractivity (Wildman–Crippen MR) is 80.9 cm³/mol. The van der Waals surface area contributed by atoms with Gasteiger partial charge in [-0.2, -0.15) is 0 Å². The fraction of sp³-hybridized carbons (Fsp3) is 0.385. The normalized spacial score (nSPS) is 10.4. The third-order valence-electron chi connectivity index (χ3n) is 2.91. The Kier molecular flexibility index (Phi) is 5.04. The molecule has 0 saturated carbocycles. The standard InChI is InChI=1S/C13H16N4O3S/c1-3-7-14-13-10(15-16-21-13)8-20-12-6-4-5-11(9(12)2)17(18)19/h4-6,14H,3,7-8H2,1-2H3. The summed E-state index contributed by atoms with van der Waals surface area (Å²) in [7, 11) is 0. The number of anilines is 1. The molecule has 1 aromatic carbocycles. The zero-order valence-corrected chi connectivity index (χ0v) is 12.6. The van der Waals surface area contributed by atoms with Crippen molar-refractivity contribution >= 4 is 22.2 Å². The molecule has 2 rings (SSSR count). The van der Waals surface area contributed by atoms with Gasteiger partial charge in [-0.05, 0) is 19.4 Å². The zero-order chi connectivity index (χ0) is 15.2. The molecule has 0 aliphatic carbocycles. The van der Waals surface area contributed by atoms with E-state index in [1.165, 1.54) is 17.6 Å². The summed E-state index contributed by atoms with van der Waals surface area (Å²) in [5.41, 5.74) is 1.27. The lowest BCUT2D eigenvalue weighted by Crippen LogP contribution is -2.04. The van der Waals surface area contributed by atoms with Gasteiger partial charge in [-0.25, -0.2) is 0 Å². The van der Waals surface area contributed by atoms with Gasteiger partial charge in [0.15, 0.2) is 0 Å². The van der Waals surface area contributed by atoms with Crippen molar-refractivity contribution in [2.24, 2.45) is 0 Å². The monoisotopic (exact) mass is 308 g/mol. The topological polar surface area (TPSA) is 90.2 Å². The first-order valence-electron chi connectivity index (χ1n) is 6.55. The molecule has 1 N–H and O–H groups in total. The first-order valence-corrected chi connectivity index (χ1v) is 7.32. The van der Waals surface area contributed by atoms with Crippen molar-refractivity contribution < 1.29 is 9.66 Å². The minimum Gasteiger partial charge on any atom is -0.487 e. The largest absolute Gasteiger partial charge is 0.487 e. The Hall–Kier alpha value is -2.22. The van der Waals surface area contributed by atoms with E-state index in [9.17, 15) is 10.1 Å². The van der Waals surface area contributed by atoms with Crippen molar-refractivity contribution in [3.8, 4) is 5.75 Å². The molecule has 7 nitrogen and oxygen atoms in total. The first-order chi connectivity index (χ1) is 10.1. The molecule has 0 saturated heterocycles. The van der Waals surface area contributed by atoms with E-state index in [0.29, 0.717) is 17.0 Å². The SMILES string of the molecule is CCCNc1snnc1COc1cccc([N+](=O)[O-])c1C. The number of hydrogen-bond donors (Lipinski definition) is 1. The van der Waals surface area contributed by atoms with Gasteiger partial charge in [0, 0.05) is 24.1 Å². The van der Waals surface area contributed by atoms with Gasteiger partial charge in [0.05, 0.1) is 10.5 Å². The molecule has 21 heavy (non-hydrogen) atoms. The van der Waals surface area contributed by atoms with Crippen LogP contribution in [0.5, 0.6) is 5.75 Å². The van der Waals surface area contributed by atoms with E-state index in [1.54, 1.807) is 19.1 Å². The van der Waals surface area contributed by atoms with E-state index in [2.05, 4.69) is 21.8 Å². The van der Waals surface area contributed by atoms with Crippen molar-refractivity contribution in [3.63, 3.8) is 0 Å². The summed E-state index contributed by atoms with van der Waals surface area (Å²) >= 11 is 1.28. The summed E-state index contributed by atoms with van der Waals surface area (Å²) in [5, 5.41) is 19.0. The summed E-state index contributed by atoms with van der Waals surface area (Å²) in [5.74, 6) is 0.485. The third-order valence-corrected chi connectivity index (χ3v) is 3.63. The molecule has 0 bridgehead atoms. The Morgan fingerprint density at radius 2 is 2.29 bits per heavy atom. The molecular formula is C13H16N4O3S. The van der Waals surface area contributed by atoms with Gasteiger partial charge in [-0.3, -0.25) is 10.1 Å². The maximum Gasteiger partial charge on any atom is 0.276 e. The number of hydrogen-bond acceptors (Lipinski definition) is 7. The zero-order valence-electron chi connectivity index (χ0n) is 11.8. The number of nitro benzene ring substituents is 1. The van der Waals surface area contributed by atoms with Crippen molar-refractivity contribution in [1.82, 2.24) is 9.59 Å². The van der Waals surface area contributed by atoms with Gasteiger partial charge in [0.2, 0.25) is 0 Å². The lowest BCUT2D eigenvalue weighted by Gasteiger charge is -2.09. The van der Waals surface area contributed by atoms with Crippen LogP contribution < -0.4 is 10.1 Å². The average Bonchev–Trinajstić information content (AvgIpc) is 2.91. The van der Waals surface area contributed by atoms with Crippen LogP contribution in [0.1, 0.15) is 24.6 Å². The highest BCUT2D eigenvalue weighted by Gasteiger charge is 2.15. The molecule has 112 valence electrons. The number of nitrogens with zero attached hydrogens (tertiary/aromatic N) is 3. The molecule has 0 amide bonds. The van der Waals surface area contributed by atoms with E-state index >= 15 is 0 Å². The van der Waals surface area contributed by atoms with E-state index < -0.39 is 4.92 Å². The Morgan fingerprint density at radius 1 is 1.48 bits per heavy atom. The van der Waals surface area contributed by atoms with Crippen LogP contribution in [-0.2, 0) is 6.61 Å². The van der Waals surface area contributed by atoms with Crippen LogP contribution in [0.15, 0.2) is 18.2 Å². The Morgan fingerprint density at radius 3 is 3.00 bits per heavy atom. The van der Waals surface area contributed by atoms with Crippen molar-refractivity contribution in [1.29, 1.82) is 0 Å². The molecule has 1 heterocycles. The summed E-state index contributed by atoms with van der Waals surface area (Å²) in [4.78, 5) is 10.5. The lowest BCUT2D eigenvalue weighted by molar-refractivity contribution is -0.385. The number of ether oxygens (including phenoxy) is 1. The van der Waals surface area contributed by atoms with Crippen LogP contribution in [0.3, 0.4) is 0 Å². The van der Waals surface area contributed by atoms with E-state index in [1.807, 2.05) is 0 Å². The van der Waals surface area contributed by atoms with Gasteiger partial charge in [-0.1, -0.05) is 17.5 Å². The highest BCUT2D eigenvalue weighted by Crippen LogP contribution is 2.28. The minimum absolute atomic E-state index is 0.0493. The summed E-state index contributed by atoms with van der Waals surface area (Å²) in [6, 6.07) is 4.78. The van der Waals surface area contributed by atoms with Gasteiger partial charge < -0.3 is 10.1 Å². The number of benzene rings is 1. The molecule has 0 atom stereocenters. The second-order valence-electron chi connectivity index (χ2n) is 4.42. The summed E-state index contributed by atoms with van der Waals surface area (Å²) < 4.78 is 9.55. The molecule has 0 aliphatic rings. The molecule has 2 aromatic rings. The quantitative estimate of drug-likeness (QED) is 0.624. The van der Waals surface area contributed by atoms with E-state index in [0.717, 1.165) is 18.0 Å². The van der Waals surface area contributed by atoms with Crippen molar-refractivity contribution in [2.75, 3.05) is 11.9 Å². The second-order valence-corrected chi connectivity index (χ2v) is 5.18. The third kappa shape index (κ3) is 3.66. The van der Waals surface area contributed by atoms with Crippen molar-refractivity contribution in [3.05, 3.63) is 39.6 Å². The Labute approximate surface area is 126 Å². The van der Waals surface area contributed by atoms with Gasteiger partial charge in [0.1, 0.15) is 23.1 Å². The molecule has 1 aromatic heterocycles. The van der Waals surface area contributed by atoms with E-state index in [4.69, 9.17) is 4.74 Å². The summed E-state index contributed by atoms with van der Waals surface area (Å²) in [6.45, 7) is 4.81. The van der Waals surface area contributed by atoms with Crippen LogP contribution in [0.2, 0.25) is 0 Å². The van der Waals surface area contributed by atoms with Crippen LogP contribution >= 0.6 is 11.5 Å². The Bertz CT molecular complexity index is 630. The fourth-order valence-electron chi connectivity index (χ4n) is 1.78.